The van der Waals surface area contributed by atoms with Crippen LogP contribution in [-0.2, 0) is 6.42 Å². The van der Waals surface area contributed by atoms with Gasteiger partial charge < -0.3 is 10.1 Å². The van der Waals surface area contributed by atoms with Crippen molar-refractivity contribution in [2.75, 3.05) is 0 Å². The number of allylic oxidation sites excluding steroid dienone is 2. The van der Waals surface area contributed by atoms with Crippen molar-refractivity contribution in [1.29, 1.82) is 0 Å². The lowest BCUT2D eigenvalue weighted by molar-refractivity contribution is 0.112. The molecular weight excluding hydrogens is 262 g/mol. The molecule has 0 aliphatic rings. The molecule has 0 atom stereocenters. The van der Waals surface area contributed by atoms with E-state index in [-0.39, 0.29) is 5.75 Å². The number of para-hydroxylation sites is 1. The summed E-state index contributed by atoms with van der Waals surface area (Å²) in [6.45, 7) is 4.03. The van der Waals surface area contributed by atoms with Crippen LogP contribution in [0.3, 0.4) is 0 Å². The molecule has 0 saturated carbocycles. The lowest BCUT2D eigenvalue weighted by atomic mass is 10.0. The molecule has 2 aromatic carbocycles. The summed E-state index contributed by atoms with van der Waals surface area (Å²) in [5.41, 5.74) is 4.19. The molecule has 0 spiro atoms. The minimum Gasteiger partial charge on any atom is -0.507 e. The number of aromatic hydroxyl groups is 1. The third-order valence-corrected chi connectivity index (χ3v) is 3.75. The number of aromatic nitrogens is 1. The van der Waals surface area contributed by atoms with Crippen molar-refractivity contribution in [3.8, 4) is 5.75 Å². The lowest BCUT2D eigenvalue weighted by Gasteiger charge is -2.07. The van der Waals surface area contributed by atoms with Crippen molar-refractivity contribution in [2.45, 2.75) is 20.3 Å². The van der Waals surface area contributed by atoms with E-state index in [1.54, 1.807) is 6.07 Å². The number of phenols is 1. The van der Waals surface area contributed by atoms with Gasteiger partial charge in [0.2, 0.25) is 0 Å². The van der Waals surface area contributed by atoms with Crippen molar-refractivity contribution < 1.29 is 9.90 Å². The lowest BCUT2D eigenvalue weighted by Crippen LogP contribution is -1.91. The zero-order chi connectivity index (χ0) is 15.0. The molecule has 0 fully saturated rings. The number of hydrogen-bond acceptors (Lipinski definition) is 2. The molecule has 0 aliphatic heterocycles. The van der Waals surface area contributed by atoms with E-state index in [1.165, 1.54) is 5.57 Å². The maximum absolute atomic E-state index is 11.2. The van der Waals surface area contributed by atoms with Gasteiger partial charge in [-0.05, 0) is 32.4 Å². The molecule has 21 heavy (non-hydrogen) atoms. The second-order valence-corrected chi connectivity index (χ2v) is 5.49. The van der Waals surface area contributed by atoms with Crippen LogP contribution in [0.5, 0.6) is 5.75 Å². The van der Waals surface area contributed by atoms with E-state index in [0.717, 1.165) is 27.4 Å². The van der Waals surface area contributed by atoms with Crippen molar-refractivity contribution in [3.05, 3.63) is 53.1 Å². The summed E-state index contributed by atoms with van der Waals surface area (Å²) in [6, 6.07) is 9.71. The number of hydrogen-bond donors (Lipinski definition) is 2. The second kappa shape index (κ2) is 5.09. The number of aromatic amines is 1. The summed E-state index contributed by atoms with van der Waals surface area (Å²) in [4.78, 5) is 14.6. The Balaban J connectivity index is 2.39. The molecule has 106 valence electrons. The van der Waals surface area contributed by atoms with Gasteiger partial charge in [-0.3, -0.25) is 4.79 Å². The molecule has 1 heterocycles. The fourth-order valence-corrected chi connectivity index (χ4v) is 2.66. The molecule has 0 amide bonds. The molecule has 1 aromatic heterocycles. The zero-order valence-corrected chi connectivity index (χ0v) is 12.1. The Kier molecular flexibility index (Phi) is 3.26. The zero-order valence-electron chi connectivity index (χ0n) is 12.1. The molecule has 0 saturated heterocycles. The van der Waals surface area contributed by atoms with Crippen molar-refractivity contribution >= 4 is 28.1 Å². The third-order valence-electron chi connectivity index (χ3n) is 3.75. The van der Waals surface area contributed by atoms with Gasteiger partial charge in [-0.25, -0.2) is 0 Å². The van der Waals surface area contributed by atoms with Gasteiger partial charge in [-0.15, -0.1) is 0 Å². The number of aldehydes is 1. The summed E-state index contributed by atoms with van der Waals surface area (Å²) in [5, 5.41) is 12.4. The van der Waals surface area contributed by atoms with Gasteiger partial charge in [0.1, 0.15) is 5.75 Å². The van der Waals surface area contributed by atoms with E-state index in [2.05, 4.69) is 11.1 Å². The first kappa shape index (κ1) is 13.4. The Morgan fingerprint density at radius 1 is 1.24 bits per heavy atom. The minimum atomic E-state index is 0.0709. The molecule has 3 aromatic rings. The van der Waals surface area contributed by atoms with Crippen LogP contribution in [0.2, 0.25) is 0 Å². The molecule has 0 bridgehead atoms. The summed E-state index contributed by atoms with van der Waals surface area (Å²) in [7, 11) is 0. The number of H-pyrrole nitrogens is 1. The van der Waals surface area contributed by atoms with Gasteiger partial charge in [-0.2, -0.15) is 0 Å². The average Bonchev–Trinajstić information content (AvgIpc) is 2.83. The molecular formula is C18H17NO2. The van der Waals surface area contributed by atoms with Crippen LogP contribution in [0, 0.1) is 0 Å². The largest absolute Gasteiger partial charge is 0.507 e. The van der Waals surface area contributed by atoms with Gasteiger partial charge in [-0.1, -0.05) is 29.8 Å². The Hall–Kier alpha value is -2.55. The maximum atomic E-state index is 11.2. The SMILES string of the molecule is CC(C)=CCc1c(O)c(C=O)cc2c1[nH]c1ccccc12. The summed E-state index contributed by atoms with van der Waals surface area (Å²) >= 11 is 0. The molecule has 0 radical (unpaired) electrons. The highest BCUT2D eigenvalue weighted by molar-refractivity contribution is 6.10. The van der Waals surface area contributed by atoms with Crippen molar-refractivity contribution in [1.82, 2.24) is 4.98 Å². The molecule has 3 rings (SSSR count). The molecule has 2 N–H and O–H groups in total. The van der Waals surface area contributed by atoms with E-state index < -0.39 is 0 Å². The Bertz CT molecular complexity index is 868. The number of nitrogens with one attached hydrogen (secondary N) is 1. The van der Waals surface area contributed by atoms with Crippen LogP contribution in [-0.4, -0.2) is 16.4 Å². The third kappa shape index (κ3) is 2.21. The number of rotatable bonds is 3. The normalized spacial score (nSPS) is 11.0. The Labute approximate surface area is 122 Å². The predicted octanol–water partition coefficient (Wildman–Crippen LogP) is 4.35. The van der Waals surface area contributed by atoms with Gasteiger partial charge >= 0.3 is 0 Å². The Morgan fingerprint density at radius 3 is 2.71 bits per heavy atom. The fourth-order valence-electron chi connectivity index (χ4n) is 2.66. The van der Waals surface area contributed by atoms with Crippen LogP contribution in [0.1, 0.15) is 29.8 Å². The molecule has 3 heteroatoms. The van der Waals surface area contributed by atoms with E-state index in [1.807, 2.05) is 38.1 Å². The molecule has 0 unspecified atom stereocenters. The fraction of sp³-hybridized carbons (Fsp3) is 0.167. The summed E-state index contributed by atoms with van der Waals surface area (Å²) in [6.07, 6.45) is 3.36. The topological polar surface area (TPSA) is 53.1 Å². The minimum absolute atomic E-state index is 0.0709. The smallest absolute Gasteiger partial charge is 0.153 e. The number of carbonyl (C=O) groups excluding carboxylic acids is 1. The highest BCUT2D eigenvalue weighted by Crippen LogP contribution is 2.35. The average molecular weight is 279 g/mol. The number of fused-ring (bicyclic) bond motifs is 3. The van der Waals surface area contributed by atoms with Crippen LogP contribution in [0.25, 0.3) is 21.8 Å². The first-order chi connectivity index (χ1) is 10.1. The van der Waals surface area contributed by atoms with Crippen molar-refractivity contribution in [3.63, 3.8) is 0 Å². The Morgan fingerprint density at radius 2 is 2.00 bits per heavy atom. The maximum Gasteiger partial charge on any atom is 0.153 e. The van der Waals surface area contributed by atoms with Crippen LogP contribution < -0.4 is 0 Å². The van der Waals surface area contributed by atoms with Gasteiger partial charge in [0.05, 0.1) is 11.1 Å². The number of benzene rings is 2. The summed E-state index contributed by atoms with van der Waals surface area (Å²) in [5.74, 6) is 0.0709. The van der Waals surface area contributed by atoms with Crippen molar-refractivity contribution in [2.24, 2.45) is 0 Å². The highest BCUT2D eigenvalue weighted by Gasteiger charge is 2.15. The van der Waals surface area contributed by atoms with Crippen LogP contribution >= 0.6 is 0 Å². The molecule has 0 aliphatic carbocycles. The first-order valence-electron chi connectivity index (χ1n) is 6.95. The van der Waals surface area contributed by atoms with Gasteiger partial charge in [0, 0.05) is 21.9 Å². The predicted molar refractivity (Wildman–Crippen MR) is 86.0 cm³/mol. The van der Waals surface area contributed by atoms with Gasteiger partial charge in [0.25, 0.3) is 0 Å². The van der Waals surface area contributed by atoms with Crippen LogP contribution in [0.15, 0.2) is 42.0 Å². The number of phenolic OH excluding ortho intramolecular Hbond substituents is 1. The molecule has 3 nitrogen and oxygen atoms in total. The number of carbonyl (C=O) groups is 1. The summed E-state index contributed by atoms with van der Waals surface area (Å²) < 4.78 is 0. The second-order valence-electron chi connectivity index (χ2n) is 5.49. The monoisotopic (exact) mass is 279 g/mol. The van der Waals surface area contributed by atoms with E-state index in [0.29, 0.717) is 18.3 Å². The quantitative estimate of drug-likeness (QED) is 0.553. The van der Waals surface area contributed by atoms with Crippen LogP contribution in [0.4, 0.5) is 0 Å². The van der Waals surface area contributed by atoms with E-state index in [4.69, 9.17) is 0 Å². The van der Waals surface area contributed by atoms with Gasteiger partial charge in [0.15, 0.2) is 6.29 Å². The van der Waals surface area contributed by atoms with E-state index in [9.17, 15) is 9.90 Å². The van der Waals surface area contributed by atoms with E-state index >= 15 is 0 Å². The first-order valence-corrected chi connectivity index (χ1v) is 6.95. The highest BCUT2D eigenvalue weighted by atomic mass is 16.3. The standard InChI is InChI=1S/C18H17NO2/c1-11(2)7-8-14-17-15(9-12(10-20)18(14)21)13-5-3-4-6-16(13)19-17/h3-7,9-10,19,21H,8H2,1-2H3.